The van der Waals surface area contributed by atoms with Gasteiger partial charge in [0.2, 0.25) is 5.91 Å². The molecule has 0 radical (unpaired) electrons. The first-order chi connectivity index (χ1) is 25.0. The van der Waals surface area contributed by atoms with Crippen molar-refractivity contribution in [2.75, 3.05) is 19.8 Å². The first-order valence-electron chi connectivity index (χ1n) is 22.4. The molecule has 1 atom stereocenters. The minimum atomic E-state index is -0.545. The molecule has 0 spiro atoms. The number of nitrogens with one attached hydrogen (secondary N) is 2. The van der Waals surface area contributed by atoms with E-state index in [9.17, 15) is 14.4 Å². The Morgan fingerprint density at radius 3 is 1.16 bits per heavy atom. The predicted molar refractivity (Wildman–Crippen MR) is 216 cm³/mol. The monoisotopic (exact) mass is 723 g/mol. The number of alkyl carbamates (subject to hydrolysis) is 1. The van der Waals surface area contributed by atoms with Crippen molar-refractivity contribution in [2.24, 2.45) is 0 Å². The molecule has 0 heterocycles. The Morgan fingerprint density at radius 2 is 0.765 bits per heavy atom. The van der Waals surface area contributed by atoms with Crippen LogP contribution in [0.4, 0.5) is 4.79 Å². The molecular weight excluding hydrogens is 636 g/mol. The molecule has 0 aromatic heterocycles. The standard InChI is InChI=1S/C44H86N2O5/c1-4-7-9-11-13-15-17-19-21-23-25-27-29-31-33-35-38-45-44(49)51-40-41(39-50-43(48)36-6-3)46-42(47)37-34-32-30-28-26-24-22-20-18-16-14-12-10-8-5-2/h41H,4-40H2,1-3H3,(H,45,49)(H,46,47). The van der Waals surface area contributed by atoms with Crippen LogP contribution in [0.5, 0.6) is 0 Å². The lowest BCUT2D eigenvalue weighted by Crippen LogP contribution is -2.43. The predicted octanol–water partition coefficient (Wildman–Crippen LogP) is 13.1. The minimum absolute atomic E-state index is 0.00976. The smallest absolute Gasteiger partial charge is 0.407 e. The van der Waals surface area contributed by atoms with Gasteiger partial charge in [0, 0.05) is 19.4 Å². The molecule has 7 heteroatoms. The van der Waals surface area contributed by atoms with Gasteiger partial charge in [-0.1, -0.05) is 207 Å². The summed E-state index contributed by atoms with van der Waals surface area (Å²) >= 11 is 0. The summed E-state index contributed by atoms with van der Waals surface area (Å²) in [5, 5.41) is 5.75. The molecule has 0 aromatic carbocycles. The third kappa shape index (κ3) is 39.3. The topological polar surface area (TPSA) is 93.7 Å². The number of esters is 1. The molecule has 0 aromatic rings. The maximum atomic E-state index is 12.6. The highest BCUT2D eigenvalue weighted by atomic mass is 16.6. The maximum absolute atomic E-state index is 12.6. The summed E-state index contributed by atoms with van der Waals surface area (Å²) in [6, 6.07) is -0.545. The van der Waals surface area contributed by atoms with Gasteiger partial charge < -0.3 is 20.1 Å². The Labute approximate surface area is 316 Å². The van der Waals surface area contributed by atoms with E-state index in [2.05, 4.69) is 24.5 Å². The molecule has 2 amide bonds. The van der Waals surface area contributed by atoms with Crippen molar-refractivity contribution < 1.29 is 23.9 Å². The summed E-state index contributed by atoms with van der Waals surface area (Å²) < 4.78 is 10.7. The van der Waals surface area contributed by atoms with Gasteiger partial charge in [-0.15, -0.1) is 0 Å². The van der Waals surface area contributed by atoms with E-state index in [1.165, 1.54) is 167 Å². The summed E-state index contributed by atoms with van der Waals surface area (Å²) in [6.07, 6.45) is 41.3. The summed E-state index contributed by atoms with van der Waals surface area (Å²) in [7, 11) is 0. The van der Waals surface area contributed by atoms with E-state index in [1.54, 1.807) is 0 Å². The SMILES string of the molecule is CCCCCCCCCCCCCCCCCCNC(=O)OCC(COC(=O)CCC)NC(=O)CCCCCCCCCCCCCCCCC. The highest BCUT2D eigenvalue weighted by Crippen LogP contribution is 2.15. The highest BCUT2D eigenvalue weighted by molar-refractivity contribution is 5.76. The highest BCUT2D eigenvalue weighted by Gasteiger charge is 2.17. The lowest BCUT2D eigenvalue weighted by Gasteiger charge is -2.19. The first-order valence-corrected chi connectivity index (χ1v) is 22.4. The van der Waals surface area contributed by atoms with Crippen LogP contribution in [-0.4, -0.2) is 43.8 Å². The van der Waals surface area contributed by atoms with Crippen LogP contribution in [0.1, 0.15) is 239 Å². The Bertz CT molecular complexity index is 762. The third-order valence-electron chi connectivity index (χ3n) is 9.99. The average Bonchev–Trinajstić information content (AvgIpc) is 3.12. The molecule has 51 heavy (non-hydrogen) atoms. The van der Waals surface area contributed by atoms with E-state index < -0.39 is 12.1 Å². The zero-order valence-corrected chi connectivity index (χ0v) is 34.3. The van der Waals surface area contributed by atoms with Crippen molar-refractivity contribution in [1.82, 2.24) is 10.6 Å². The number of hydrogen-bond acceptors (Lipinski definition) is 5. The number of unbranched alkanes of at least 4 members (excludes halogenated alkanes) is 29. The largest absolute Gasteiger partial charge is 0.463 e. The molecule has 0 fully saturated rings. The van der Waals surface area contributed by atoms with Gasteiger partial charge in [0.05, 0.1) is 6.04 Å². The van der Waals surface area contributed by atoms with Gasteiger partial charge in [-0.05, 0) is 19.3 Å². The van der Waals surface area contributed by atoms with Crippen LogP contribution < -0.4 is 10.6 Å². The Balaban J connectivity index is 3.91. The van der Waals surface area contributed by atoms with Crippen molar-refractivity contribution >= 4 is 18.0 Å². The van der Waals surface area contributed by atoms with Gasteiger partial charge in [0.25, 0.3) is 0 Å². The molecule has 302 valence electrons. The molecule has 0 aliphatic rings. The minimum Gasteiger partial charge on any atom is -0.463 e. The van der Waals surface area contributed by atoms with Gasteiger partial charge in [-0.25, -0.2) is 4.79 Å². The normalized spacial score (nSPS) is 11.7. The third-order valence-corrected chi connectivity index (χ3v) is 9.99. The molecule has 0 rings (SSSR count). The van der Waals surface area contributed by atoms with Crippen molar-refractivity contribution in [1.29, 1.82) is 0 Å². The number of carbonyl (C=O) groups excluding carboxylic acids is 3. The summed E-state index contributed by atoms with van der Waals surface area (Å²) in [6.45, 7) is 7.04. The number of ether oxygens (including phenoxy) is 2. The van der Waals surface area contributed by atoms with Crippen molar-refractivity contribution in [3.8, 4) is 0 Å². The van der Waals surface area contributed by atoms with Crippen LogP contribution >= 0.6 is 0 Å². The van der Waals surface area contributed by atoms with Gasteiger partial charge in [0.1, 0.15) is 13.2 Å². The van der Waals surface area contributed by atoms with E-state index in [0.29, 0.717) is 25.8 Å². The number of hydrogen-bond donors (Lipinski definition) is 2. The molecule has 0 saturated carbocycles. The molecule has 0 saturated heterocycles. The zero-order valence-electron chi connectivity index (χ0n) is 34.3. The lowest BCUT2D eigenvalue weighted by atomic mass is 10.0. The fourth-order valence-corrected chi connectivity index (χ4v) is 6.65. The second-order valence-electron chi connectivity index (χ2n) is 15.2. The molecule has 1 unspecified atom stereocenters. The number of carbonyl (C=O) groups is 3. The van der Waals surface area contributed by atoms with E-state index >= 15 is 0 Å². The number of amides is 2. The Morgan fingerprint density at radius 1 is 0.412 bits per heavy atom. The molecule has 2 N–H and O–H groups in total. The summed E-state index contributed by atoms with van der Waals surface area (Å²) in [4.78, 5) is 36.9. The number of rotatable bonds is 40. The van der Waals surface area contributed by atoms with E-state index in [1.807, 2.05) is 6.92 Å². The van der Waals surface area contributed by atoms with E-state index in [-0.39, 0.29) is 25.1 Å². The van der Waals surface area contributed by atoms with Gasteiger partial charge >= 0.3 is 12.1 Å². The molecule has 0 aliphatic carbocycles. The fourth-order valence-electron chi connectivity index (χ4n) is 6.65. The van der Waals surface area contributed by atoms with Crippen LogP contribution in [0.15, 0.2) is 0 Å². The maximum Gasteiger partial charge on any atom is 0.407 e. The first kappa shape index (κ1) is 49.2. The lowest BCUT2D eigenvalue weighted by molar-refractivity contribution is -0.145. The van der Waals surface area contributed by atoms with Crippen LogP contribution in [0, 0.1) is 0 Å². The zero-order chi connectivity index (χ0) is 37.3. The van der Waals surface area contributed by atoms with E-state index in [0.717, 1.165) is 32.1 Å². The second kappa shape index (κ2) is 41.0. The van der Waals surface area contributed by atoms with Crippen molar-refractivity contribution in [2.45, 2.75) is 245 Å². The van der Waals surface area contributed by atoms with E-state index in [4.69, 9.17) is 9.47 Å². The van der Waals surface area contributed by atoms with Crippen molar-refractivity contribution in [3.05, 3.63) is 0 Å². The van der Waals surface area contributed by atoms with Gasteiger partial charge in [0.15, 0.2) is 0 Å². The fraction of sp³-hybridized carbons (Fsp3) is 0.932. The van der Waals surface area contributed by atoms with Crippen LogP contribution in [0.2, 0.25) is 0 Å². The van der Waals surface area contributed by atoms with Crippen LogP contribution in [0.25, 0.3) is 0 Å². The Hall–Kier alpha value is -1.79. The van der Waals surface area contributed by atoms with Crippen LogP contribution in [0.3, 0.4) is 0 Å². The molecule has 0 bridgehead atoms. The summed E-state index contributed by atoms with van der Waals surface area (Å²) in [5.41, 5.74) is 0. The van der Waals surface area contributed by atoms with Crippen LogP contribution in [-0.2, 0) is 19.1 Å². The average molecular weight is 723 g/mol. The Kier molecular flexibility index (Phi) is 39.5. The molecular formula is C44H86N2O5. The van der Waals surface area contributed by atoms with Gasteiger partial charge in [-0.3, -0.25) is 9.59 Å². The molecule has 7 nitrogen and oxygen atoms in total. The van der Waals surface area contributed by atoms with Gasteiger partial charge in [-0.2, -0.15) is 0 Å². The molecule has 0 aliphatic heterocycles. The van der Waals surface area contributed by atoms with Crippen molar-refractivity contribution in [3.63, 3.8) is 0 Å². The quantitative estimate of drug-likeness (QED) is 0.0485. The summed E-state index contributed by atoms with van der Waals surface area (Å²) in [5.74, 6) is -0.384. The second-order valence-corrected chi connectivity index (χ2v) is 15.2.